The summed E-state index contributed by atoms with van der Waals surface area (Å²) in [6.45, 7) is 7.69. The van der Waals surface area contributed by atoms with Crippen LogP contribution >= 0.6 is 0 Å². The first kappa shape index (κ1) is 26.2. The molecule has 0 radical (unpaired) electrons. The zero-order valence-corrected chi connectivity index (χ0v) is 14.4. The maximum atomic E-state index is 11.4. The molecule has 0 aliphatic carbocycles. The molecule has 3 nitrogen and oxygen atoms in total. The van der Waals surface area contributed by atoms with Crippen LogP contribution in [0.5, 0.6) is 0 Å². The Morgan fingerprint density at radius 2 is 1.73 bits per heavy atom. The third-order valence-electron chi connectivity index (χ3n) is 2.53. The molecule has 0 aromatic heterocycles. The molecular formula is C17H22F6O3. The van der Waals surface area contributed by atoms with Crippen molar-refractivity contribution in [3.05, 3.63) is 42.5 Å². The standard InChI is InChI=1S/C8H8.C6H12O2.C3H2F6O/c1-2-8-6-4-3-5-7-8;1-3-4-5-8-6(2)7;4-1(5)2(6,10)3(7,8)9/h2-7H,1H2;3-5H2,1-2H3;1,10H. The molecule has 0 spiro atoms. The molecule has 0 aliphatic rings. The van der Waals surface area contributed by atoms with Gasteiger partial charge < -0.3 is 9.84 Å². The van der Waals surface area contributed by atoms with E-state index in [1.807, 2.05) is 36.4 Å². The number of halogens is 6. The van der Waals surface area contributed by atoms with Gasteiger partial charge in [0.2, 0.25) is 0 Å². The maximum Gasteiger partial charge on any atom is 0.454 e. The van der Waals surface area contributed by atoms with Crippen LogP contribution in [0, 0.1) is 0 Å². The molecule has 9 heteroatoms. The summed E-state index contributed by atoms with van der Waals surface area (Å²) < 4.78 is 70.9. The van der Waals surface area contributed by atoms with Crippen LogP contribution in [0.2, 0.25) is 0 Å². The minimum Gasteiger partial charge on any atom is -0.466 e. The minimum absolute atomic E-state index is 0.182. The van der Waals surface area contributed by atoms with Crippen LogP contribution in [0.1, 0.15) is 32.3 Å². The Hall–Kier alpha value is -2.03. The van der Waals surface area contributed by atoms with Crippen LogP contribution in [0.15, 0.2) is 36.9 Å². The van der Waals surface area contributed by atoms with E-state index in [0.29, 0.717) is 6.61 Å². The Morgan fingerprint density at radius 3 is 1.96 bits per heavy atom. The van der Waals surface area contributed by atoms with Gasteiger partial charge in [-0.25, -0.2) is 8.78 Å². The van der Waals surface area contributed by atoms with E-state index in [1.165, 1.54) is 12.5 Å². The van der Waals surface area contributed by atoms with Gasteiger partial charge in [0, 0.05) is 6.92 Å². The number of hydrogen-bond acceptors (Lipinski definition) is 3. The van der Waals surface area contributed by atoms with Gasteiger partial charge in [0.15, 0.2) is 0 Å². The summed E-state index contributed by atoms with van der Waals surface area (Å²) in [4.78, 5) is 10.1. The summed E-state index contributed by atoms with van der Waals surface area (Å²) in [5.41, 5.74) is 1.17. The van der Waals surface area contributed by atoms with Crippen molar-refractivity contribution in [3.8, 4) is 0 Å². The summed E-state index contributed by atoms with van der Waals surface area (Å²) in [5.74, 6) is -5.58. The molecule has 1 unspecified atom stereocenters. The summed E-state index contributed by atoms with van der Waals surface area (Å²) in [5, 5.41) is 7.39. The van der Waals surface area contributed by atoms with Crippen molar-refractivity contribution in [2.24, 2.45) is 0 Å². The smallest absolute Gasteiger partial charge is 0.454 e. The van der Waals surface area contributed by atoms with Crippen LogP contribution in [0.25, 0.3) is 6.08 Å². The first-order chi connectivity index (χ1) is 11.9. The van der Waals surface area contributed by atoms with E-state index in [0.717, 1.165) is 12.8 Å². The Bertz CT molecular complexity index is 501. The van der Waals surface area contributed by atoms with Gasteiger partial charge in [0.1, 0.15) is 0 Å². The zero-order chi connectivity index (χ0) is 20.8. The normalized spacial score (nSPS) is 12.7. The third-order valence-corrected chi connectivity index (χ3v) is 2.53. The summed E-state index contributed by atoms with van der Waals surface area (Å²) in [7, 11) is 0. The minimum atomic E-state index is -5.94. The average Bonchev–Trinajstić information content (AvgIpc) is 2.55. The highest BCUT2D eigenvalue weighted by atomic mass is 19.4. The van der Waals surface area contributed by atoms with Crippen LogP contribution in [0.3, 0.4) is 0 Å². The van der Waals surface area contributed by atoms with Crippen molar-refractivity contribution in [3.63, 3.8) is 0 Å². The van der Waals surface area contributed by atoms with Gasteiger partial charge in [-0.2, -0.15) is 17.6 Å². The van der Waals surface area contributed by atoms with Gasteiger partial charge >= 0.3 is 24.4 Å². The fraction of sp³-hybridized carbons (Fsp3) is 0.471. The lowest BCUT2D eigenvalue weighted by molar-refractivity contribution is -0.352. The first-order valence-corrected chi connectivity index (χ1v) is 7.47. The van der Waals surface area contributed by atoms with E-state index < -0.39 is 18.5 Å². The lowest BCUT2D eigenvalue weighted by Gasteiger charge is -2.20. The van der Waals surface area contributed by atoms with E-state index in [1.54, 1.807) is 0 Å². The van der Waals surface area contributed by atoms with Gasteiger partial charge in [-0.3, -0.25) is 4.79 Å². The highest BCUT2D eigenvalue weighted by Gasteiger charge is 2.62. The van der Waals surface area contributed by atoms with Crippen LogP contribution in [0.4, 0.5) is 26.3 Å². The Morgan fingerprint density at radius 1 is 1.23 bits per heavy atom. The van der Waals surface area contributed by atoms with E-state index in [9.17, 15) is 31.1 Å². The van der Waals surface area contributed by atoms with Crippen molar-refractivity contribution in [2.45, 2.75) is 45.1 Å². The lowest BCUT2D eigenvalue weighted by atomic mass is 10.2. The second kappa shape index (κ2) is 13.2. The van der Waals surface area contributed by atoms with Crippen molar-refractivity contribution < 1.29 is 41.0 Å². The highest BCUT2D eigenvalue weighted by molar-refractivity contribution is 5.65. The number of alkyl halides is 6. The number of ether oxygens (including phenoxy) is 1. The number of carbonyl (C=O) groups excluding carboxylic acids is 1. The second-order valence-corrected chi connectivity index (χ2v) is 4.78. The van der Waals surface area contributed by atoms with Crippen molar-refractivity contribution in [1.82, 2.24) is 0 Å². The molecular weight excluding hydrogens is 366 g/mol. The number of aliphatic hydroxyl groups is 1. The van der Waals surface area contributed by atoms with Gasteiger partial charge in [0.05, 0.1) is 6.61 Å². The number of hydrogen-bond donors (Lipinski definition) is 1. The average molecular weight is 388 g/mol. The molecule has 0 saturated heterocycles. The molecule has 0 aliphatic heterocycles. The van der Waals surface area contributed by atoms with E-state index in [2.05, 4.69) is 18.2 Å². The summed E-state index contributed by atoms with van der Waals surface area (Å²) in [6, 6.07) is 10.0. The van der Waals surface area contributed by atoms with Gasteiger partial charge in [-0.05, 0) is 12.0 Å². The van der Waals surface area contributed by atoms with Crippen molar-refractivity contribution in [2.75, 3.05) is 6.61 Å². The zero-order valence-electron chi connectivity index (χ0n) is 14.4. The van der Waals surface area contributed by atoms with Crippen LogP contribution < -0.4 is 0 Å². The predicted molar refractivity (Wildman–Crippen MR) is 86.2 cm³/mol. The molecule has 1 atom stereocenters. The number of unbranched alkanes of at least 4 members (excludes halogenated alkanes) is 1. The quantitative estimate of drug-likeness (QED) is 0.431. The number of esters is 1. The predicted octanol–water partition coefficient (Wildman–Crippen LogP) is 5.15. The van der Waals surface area contributed by atoms with Crippen molar-refractivity contribution in [1.29, 1.82) is 0 Å². The highest BCUT2D eigenvalue weighted by Crippen LogP contribution is 2.36. The van der Waals surface area contributed by atoms with Gasteiger partial charge in [-0.1, -0.05) is 56.3 Å². The Kier molecular flexibility index (Phi) is 13.3. The number of rotatable bonds is 5. The molecule has 0 amide bonds. The molecule has 0 heterocycles. The van der Waals surface area contributed by atoms with Crippen LogP contribution in [-0.2, 0) is 9.53 Å². The van der Waals surface area contributed by atoms with E-state index >= 15 is 0 Å². The molecule has 1 aromatic carbocycles. The molecule has 26 heavy (non-hydrogen) atoms. The summed E-state index contributed by atoms with van der Waals surface area (Å²) in [6.07, 6.45) is -6.54. The maximum absolute atomic E-state index is 11.4. The molecule has 0 bridgehead atoms. The molecule has 150 valence electrons. The third kappa shape index (κ3) is 12.3. The largest absolute Gasteiger partial charge is 0.466 e. The summed E-state index contributed by atoms with van der Waals surface area (Å²) >= 11 is 0. The Balaban J connectivity index is 0. The molecule has 1 rings (SSSR count). The monoisotopic (exact) mass is 388 g/mol. The van der Waals surface area contributed by atoms with Gasteiger partial charge in [-0.15, -0.1) is 0 Å². The fourth-order valence-corrected chi connectivity index (χ4v) is 1.07. The molecule has 0 saturated carbocycles. The topological polar surface area (TPSA) is 46.5 Å². The second-order valence-electron chi connectivity index (χ2n) is 4.78. The lowest BCUT2D eigenvalue weighted by Crippen LogP contribution is -2.47. The van der Waals surface area contributed by atoms with E-state index in [-0.39, 0.29) is 5.97 Å². The van der Waals surface area contributed by atoms with E-state index in [4.69, 9.17) is 5.11 Å². The van der Waals surface area contributed by atoms with Crippen LogP contribution in [-0.4, -0.2) is 36.1 Å². The Labute approximate surface area is 148 Å². The molecule has 1 N–H and O–H groups in total. The first-order valence-electron chi connectivity index (χ1n) is 7.47. The number of carbonyl (C=O) groups is 1. The fourth-order valence-electron chi connectivity index (χ4n) is 1.07. The SMILES string of the molecule is C=Cc1ccccc1.CCCCOC(C)=O.OC(F)(C(F)F)C(F)(F)F. The molecule has 0 fully saturated rings. The van der Waals surface area contributed by atoms with Crippen molar-refractivity contribution >= 4 is 12.0 Å². The van der Waals surface area contributed by atoms with Gasteiger partial charge in [0.25, 0.3) is 0 Å². The number of benzene rings is 1. The molecule has 1 aromatic rings.